The summed E-state index contributed by atoms with van der Waals surface area (Å²) in [7, 11) is 0. The quantitative estimate of drug-likeness (QED) is 0.473. The van der Waals surface area contributed by atoms with Crippen molar-refractivity contribution in [2.24, 2.45) is 5.10 Å². The fourth-order valence-corrected chi connectivity index (χ4v) is 2.88. The summed E-state index contributed by atoms with van der Waals surface area (Å²) in [5.74, 6) is 0.832. The first kappa shape index (κ1) is 18.7. The SMILES string of the molecule is CCc1ccc(OCC(=O)N/N=C/c2ccc(Sc3ccccn3)o2)cc1. The van der Waals surface area contributed by atoms with Crippen molar-refractivity contribution in [1.82, 2.24) is 10.4 Å². The molecule has 7 heteroatoms. The maximum Gasteiger partial charge on any atom is 0.277 e. The Labute approximate surface area is 161 Å². The molecular weight excluding hydrogens is 362 g/mol. The highest BCUT2D eigenvalue weighted by Crippen LogP contribution is 2.26. The second-order valence-electron chi connectivity index (χ2n) is 5.51. The zero-order chi connectivity index (χ0) is 18.9. The average Bonchev–Trinajstić information content (AvgIpc) is 3.14. The molecule has 0 aliphatic carbocycles. The van der Waals surface area contributed by atoms with Gasteiger partial charge in [-0.3, -0.25) is 4.79 Å². The van der Waals surface area contributed by atoms with Crippen LogP contribution in [0.2, 0.25) is 0 Å². The van der Waals surface area contributed by atoms with Gasteiger partial charge in [0.25, 0.3) is 5.91 Å². The van der Waals surface area contributed by atoms with E-state index >= 15 is 0 Å². The lowest BCUT2D eigenvalue weighted by atomic mass is 10.2. The molecule has 0 atom stereocenters. The summed E-state index contributed by atoms with van der Waals surface area (Å²) in [6.45, 7) is 1.97. The van der Waals surface area contributed by atoms with Gasteiger partial charge in [0.05, 0.1) is 6.21 Å². The zero-order valence-electron chi connectivity index (χ0n) is 14.8. The Morgan fingerprint density at radius 1 is 1.22 bits per heavy atom. The van der Waals surface area contributed by atoms with Crippen LogP contribution in [0.1, 0.15) is 18.2 Å². The van der Waals surface area contributed by atoms with E-state index < -0.39 is 0 Å². The molecule has 6 nitrogen and oxygen atoms in total. The summed E-state index contributed by atoms with van der Waals surface area (Å²) in [5, 5.41) is 5.41. The van der Waals surface area contributed by atoms with Gasteiger partial charge in [-0.1, -0.05) is 25.1 Å². The summed E-state index contributed by atoms with van der Waals surface area (Å²) in [5.41, 5.74) is 3.63. The Morgan fingerprint density at radius 2 is 2.07 bits per heavy atom. The van der Waals surface area contributed by atoms with Crippen LogP contribution in [0.25, 0.3) is 0 Å². The van der Waals surface area contributed by atoms with E-state index in [0.29, 0.717) is 16.6 Å². The van der Waals surface area contributed by atoms with Crippen LogP contribution in [0, 0.1) is 0 Å². The van der Waals surface area contributed by atoms with Crippen LogP contribution in [0.4, 0.5) is 0 Å². The van der Waals surface area contributed by atoms with Crippen molar-refractivity contribution in [3.05, 3.63) is 72.1 Å². The molecule has 0 aliphatic heterocycles. The van der Waals surface area contributed by atoms with Gasteiger partial charge in [0.2, 0.25) is 0 Å². The number of aryl methyl sites for hydroxylation is 1. The number of carbonyl (C=O) groups is 1. The first-order valence-electron chi connectivity index (χ1n) is 8.45. The number of pyridine rings is 1. The molecule has 0 radical (unpaired) electrons. The number of hydrogen-bond donors (Lipinski definition) is 1. The van der Waals surface area contributed by atoms with E-state index in [1.165, 1.54) is 23.5 Å². The van der Waals surface area contributed by atoms with E-state index in [9.17, 15) is 4.79 Å². The Morgan fingerprint density at radius 3 is 2.81 bits per heavy atom. The van der Waals surface area contributed by atoms with Crippen molar-refractivity contribution in [3.63, 3.8) is 0 Å². The van der Waals surface area contributed by atoms with Gasteiger partial charge >= 0.3 is 0 Å². The highest BCUT2D eigenvalue weighted by Gasteiger charge is 2.04. The Kier molecular flexibility index (Phi) is 6.65. The fourth-order valence-electron chi connectivity index (χ4n) is 2.14. The minimum absolute atomic E-state index is 0.109. The van der Waals surface area contributed by atoms with Crippen molar-refractivity contribution in [2.45, 2.75) is 23.5 Å². The monoisotopic (exact) mass is 381 g/mol. The molecule has 3 aromatic rings. The van der Waals surface area contributed by atoms with Gasteiger partial charge in [-0.25, -0.2) is 10.4 Å². The van der Waals surface area contributed by atoms with Gasteiger partial charge < -0.3 is 9.15 Å². The van der Waals surface area contributed by atoms with Crippen molar-refractivity contribution in [1.29, 1.82) is 0 Å². The normalized spacial score (nSPS) is 10.9. The topological polar surface area (TPSA) is 76.7 Å². The lowest BCUT2D eigenvalue weighted by molar-refractivity contribution is -0.123. The molecule has 27 heavy (non-hydrogen) atoms. The number of hydrogen-bond acceptors (Lipinski definition) is 6. The number of hydrazone groups is 1. The van der Waals surface area contributed by atoms with Gasteiger partial charge in [0.15, 0.2) is 11.7 Å². The number of aromatic nitrogens is 1. The van der Waals surface area contributed by atoms with Crippen LogP contribution in [-0.2, 0) is 11.2 Å². The van der Waals surface area contributed by atoms with Crippen LogP contribution in [0.5, 0.6) is 5.75 Å². The van der Waals surface area contributed by atoms with Crippen molar-refractivity contribution in [3.8, 4) is 5.75 Å². The van der Waals surface area contributed by atoms with Crippen LogP contribution in [-0.4, -0.2) is 23.7 Å². The van der Waals surface area contributed by atoms with Crippen LogP contribution < -0.4 is 10.2 Å². The maximum absolute atomic E-state index is 11.8. The Bertz CT molecular complexity index is 892. The smallest absolute Gasteiger partial charge is 0.277 e. The highest BCUT2D eigenvalue weighted by molar-refractivity contribution is 7.99. The number of nitrogens with one attached hydrogen (secondary N) is 1. The van der Waals surface area contributed by atoms with Crippen LogP contribution >= 0.6 is 11.8 Å². The molecule has 1 amide bonds. The fraction of sp³-hybridized carbons (Fsp3) is 0.150. The van der Waals surface area contributed by atoms with E-state index in [1.54, 1.807) is 12.3 Å². The molecule has 3 rings (SSSR count). The third kappa shape index (κ3) is 6.00. The van der Waals surface area contributed by atoms with Crippen molar-refractivity contribution in [2.75, 3.05) is 6.61 Å². The minimum atomic E-state index is -0.347. The van der Waals surface area contributed by atoms with E-state index in [0.717, 1.165) is 11.4 Å². The largest absolute Gasteiger partial charge is 0.484 e. The third-order valence-corrected chi connectivity index (χ3v) is 4.40. The molecule has 2 heterocycles. The maximum atomic E-state index is 11.8. The van der Waals surface area contributed by atoms with E-state index in [1.807, 2.05) is 48.5 Å². The first-order valence-corrected chi connectivity index (χ1v) is 9.27. The molecule has 0 spiro atoms. The second kappa shape index (κ2) is 9.59. The standard InChI is InChI=1S/C20H19N3O3S/c1-2-15-6-8-16(9-7-15)25-14-18(24)23-22-13-17-10-11-20(26-17)27-19-5-3-4-12-21-19/h3-13H,2,14H2,1H3,(H,23,24)/b22-13+. The lowest BCUT2D eigenvalue weighted by Crippen LogP contribution is -2.24. The first-order chi connectivity index (χ1) is 13.2. The predicted octanol–water partition coefficient (Wildman–Crippen LogP) is 3.92. The van der Waals surface area contributed by atoms with E-state index in [4.69, 9.17) is 9.15 Å². The summed E-state index contributed by atoms with van der Waals surface area (Å²) >= 11 is 1.41. The molecule has 0 bridgehead atoms. The van der Waals surface area contributed by atoms with Crippen LogP contribution in [0.3, 0.4) is 0 Å². The number of ether oxygens (including phenoxy) is 1. The summed E-state index contributed by atoms with van der Waals surface area (Å²) in [6, 6.07) is 16.9. The summed E-state index contributed by atoms with van der Waals surface area (Å²) < 4.78 is 11.0. The number of benzene rings is 1. The van der Waals surface area contributed by atoms with Crippen molar-refractivity contribution < 1.29 is 13.9 Å². The number of rotatable bonds is 8. The lowest BCUT2D eigenvalue weighted by Gasteiger charge is -2.05. The third-order valence-electron chi connectivity index (χ3n) is 3.53. The minimum Gasteiger partial charge on any atom is -0.484 e. The molecular formula is C20H19N3O3S. The molecule has 0 aliphatic rings. The van der Waals surface area contributed by atoms with E-state index in [-0.39, 0.29) is 12.5 Å². The molecule has 1 N–H and O–H groups in total. The molecule has 0 unspecified atom stereocenters. The van der Waals surface area contributed by atoms with Gasteiger partial charge in [-0.15, -0.1) is 0 Å². The van der Waals surface area contributed by atoms with E-state index in [2.05, 4.69) is 22.4 Å². The summed E-state index contributed by atoms with van der Waals surface area (Å²) in [6.07, 6.45) is 4.13. The highest BCUT2D eigenvalue weighted by atomic mass is 32.2. The number of amides is 1. The molecule has 2 aromatic heterocycles. The second-order valence-corrected chi connectivity index (χ2v) is 6.53. The van der Waals surface area contributed by atoms with Gasteiger partial charge in [-0.2, -0.15) is 5.10 Å². The molecule has 0 saturated heterocycles. The Balaban J connectivity index is 1.43. The van der Waals surface area contributed by atoms with Gasteiger partial charge in [-0.05, 0) is 60.1 Å². The zero-order valence-corrected chi connectivity index (χ0v) is 15.6. The molecule has 1 aromatic carbocycles. The van der Waals surface area contributed by atoms with Crippen LogP contribution in [0.15, 0.2) is 80.4 Å². The van der Waals surface area contributed by atoms with Gasteiger partial charge in [0.1, 0.15) is 16.5 Å². The van der Waals surface area contributed by atoms with Crippen molar-refractivity contribution >= 4 is 23.9 Å². The number of carbonyl (C=O) groups excluding carboxylic acids is 1. The van der Waals surface area contributed by atoms with Gasteiger partial charge in [0, 0.05) is 6.20 Å². The molecule has 0 saturated carbocycles. The summed E-state index contributed by atoms with van der Waals surface area (Å²) in [4.78, 5) is 16.0. The molecule has 0 fully saturated rings. The number of furan rings is 1. The number of nitrogens with zero attached hydrogens (tertiary/aromatic N) is 2. The predicted molar refractivity (Wildman–Crippen MR) is 104 cm³/mol. The molecule has 138 valence electrons. The Hall–Kier alpha value is -3.06. The average molecular weight is 381 g/mol.